The lowest BCUT2D eigenvalue weighted by atomic mass is 9.98. The number of aliphatic hydroxyl groups excluding tert-OH is 4. The molecule has 0 aliphatic rings. The van der Waals surface area contributed by atoms with Gasteiger partial charge in [-0.25, -0.2) is 9.59 Å². The first-order valence-electron chi connectivity index (χ1n) is 11.8. The Labute approximate surface area is 234 Å². The van der Waals surface area contributed by atoms with E-state index in [1.807, 2.05) is 0 Å². The van der Waals surface area contributed by atoms with Gasteiger partial charge in [0.15, 0.2) is 11.2 Å². The van der Waals surface area contributed by atoms with Gasteiger partial charge in [0.1, 0.15) is 0 Å². The minimum atomic E-state index is -1.20. The van der Waals surface area contributed by atoms with Crippen molar-refractivity contribution in [1.82, 2.24) is 0 Å². The van der Waals surface area contributed by atoms with Crippen molar-refractivity contribution in [1.29, 1.82) is 0 Å². The Morgan fingerprint density at radius 3 is 0.950 bits per heavy atom. The number of carboxylic acids is 3. The fourth-order valence-corrected chi connectivity index (χ4v) is 2.10. The average Bonchev–Trinajstić information content (AvgIpc) is 2.83. The molecule has 40 heavy (non-hydrogen) atoms. The second kappa shape index (κ2) is 27.7. The molecular weight excluding hydrogens is 544 g/mol. The van der Waals surface area contributed by atoms with E-state index in [1.165, 1.54) is 28.1 Å². The summed E-state index contributed by atoms with van der Waals surface area (Å²) in [6, 6.07) is 0. The van der Waals surface area contributed by atoms with Crippen molar-refractivity contribution in [2.45, 2.75) is 84.7 Å². The van der Waals surface area contributed by atoms with Crippen molar-refractivity contribution in [3.05, 3.63) is 0 Å². The molecular formula is C24H48O16. The number of hydrogen-bond donors (Lipinski definition) is 7. The van der Waals surface area contributed by atoms with Crippen LogP contribution in [0.5, 0.6) is 0 Å². The molecule has 0 spiro atoms. The van der Waals surface area contributed by atoms with E-state index in [4.69, 9.17) is 58.9 Å². The van der Waals surface area contributed by atoms with Crippen molar-refractivity contribution >= 4 is 29.8 Å². The number of rotatable bonds is 12. The van der Waals surface area contributed by atoms with Gasteiger partial charge in [-0.1, -0.05) is 0 Å². The zero-order valence-corrected chi connectivity index (χ0v) is 24.7. The largest absolute Gasteiger partial charge is 0.481 e. The van der Waals surface area contributed by atoms with E-state index in [2.05, 4.69) is 0 Å². The fraction of sp³-hybridized carbons (Fsp3) is 0.792. The third kappa shape index (κ3) is 33.1. The van der Waals surface area contributed by atoms with E-state index in [1.54, 1.807) is 13.8 Å². The van der Waals surface area contributed by atoms with Gasteiger partial charge >= 0.3 is 11.9 Å². The third-order valence-electron chi connectivity index (χ3n) is 3.99. The molecule has 0 fully saturated rings. The Bertz CT molecular complexity index is 618. The molecule has 0 aliphatic heterocycles. The molecule has 0 bridgehead atoms. The van der Waals surface area contributed by atoms with Crippen molar-refractivity contribution in [3.8, 4) is 0 Å². The number of ether oxygens (including phenoxy) is 4. The first-order valence-corrected chi connectivity index (χ1v) is 11.8. The average molecular weight is 593 g/mol. The maximum absolute atomic E-state index is 11.4. The zero-order chi connectivity index (χ0) is 33.1. The lowest BCUT2D eigenvalue weighted by Crippen LogP contribution is -2.42. The van der Waals surface area contributed by atoms with Gasteiger partial charge in [-0.15, -0.1) is 0 Å². The molecule has 0 saturated heterocycles. The molecule has 4 unspecified atom stereocenters. The van der Waals surface area contributed by atoms with Crippen molar-refractivity contribution < 1.29 is 78.7 Å². The van der Waals surface area contributed by atoms with Crippen molar-refractivity contribution in [2.24, 2.45) is 0 Å². The van der Waals surface area contributed by atoms with Crippen molar-refractivity contribution in [2.75, 3.05) is 40.6 Å². The Morgan fingerprint density at radius 2 is 0.825 bits per heavy atom. The van der Waals surface area contributed by atoms with Crippen LogP contribution in [0.25, 0.3) is 0 Å². The van der Waals surface area contributed by atoms with E-state index in [0.29, 0.717) is 0 Å². The molecule has 4 atom stereocenters. The van der Waals surface area contributed by atoms with Crippen LogP contribution in [-0.4, -0.2) is 130 Å². The number of methoxy groups -OCH3 is 2. The quantitative estimate of drug-likeness (QED) is 0.143. The van der Waals surface area contributed by atoms with Gasteiger partial charge in [0.25, 0.3) is 17.9 Å². The lowest BCUT2D eigenvalue weighted by molar-refractivity contribution is -0.171. The Hall–Kier alpha value is -2.89. The topological polar surface area (TPSA) is 264 Å². The molecule has 16 heteroatoms. The van der Waals surface area contributed by atoms with Gasteiger partial charge in [-0.05, 0) is 27.7 Å². The molecule has 0 amide bonds. The molecule has 7 N–H and O–H groups in total. The Morgan fingerprint density at radius 1 is 0.625 bits per heavy atom. The van der Waals surface area contributed by atoms with Crippen LogP contribution in [0.4, 0.5) is 0 Å². The van der Waals surface area contributed by atoms with Gasteiger partial charge in [0.2, 0.25) is 0 Å². The van der Waals surface area contributed by atoms with Crippen molar-refractivity contribution in [3.63, 3.8) is 0 Å². The molecule has 0 aromatic rings. The zero-order valence-electron chi connectivity index (χ0n) is 24.7. The lowest BCUT2D eigenvalue weighted by Gasteiger charge is -2.27. The standard InChI is InChI=1S/2C9H18O5.3C2H4O2/c2*1-4-14-8(12)9(2,13-3)5-7(11)6-10;3*1-2(3)4/h2*7,10-11H,4-6H2,1-3H3;3*1H3,(H,3,4). The first-order chi connectivity index (χ1) is 18.2. The minimum absolute atomic E-state index is 0.0127. The van der Waals surface area contributed by atoms with Crippen LogP contribution < -0.4 is 0 Å². The van der Waals surface area contributed by atoms with Gasteiger partial charge in [0, 0.05) is 47.8 Å². The Kier molecular flexibility index (Phi) is 32.5. The number of aliphatic hydroxyl groups is 4. The highest BCUT2D eigenvalue weighted by Gasteiger charge is 2.37. The van der Waals surface area contributed by atoms with Crippen LogP contribution in [0.3, 0.4) is 0 Å². The van der Waals surface area contributed by atoms with Crippen LogP contribution in [0.2, 0.25) is 0 Å². The minimum Gasteiger partial charge on any atom is -0.481 e. The first kappa shape index (κ1) is 46.9. The van der Waals surface area contributed by atoms with E-state index in [9.17, 15) is 19.8 Å². The van der Waals surface area contributed by atoms with E-state index < -0.39 is 66.5 Å². The van der Waals surface area contributed by atoms with E-state index in [0.717, 1.165) is 20.8 Å². The number of carbonyl (C=O) groups is 5. The number of hydrogen-bond acceptors (Lipinski definition) is 13. The fourth-order valence-electron chi connectivity index (χ4n) is 2.10. The normalized spacial score (nSPS) is 13.9. The summed E-state index contributed by atoms with van der Waals surface area (Å²) in [5.74, 6) is -3.56. The second-order valence-electron chi connectivity index (χ2n) is 7.95. The van der Waals surface area contributed by atoms with Gasteiger partial charge < -0.3 is 54.7 Å². The second-order valence-corrected chi connectivity index (χ2v) is 7.95. The summed E-state index contributed by atoms with van der Waals surface area (Å²) in [4.78, 5) is 49.8. The molecule has 0 radical (unpaired) electrons. The van der Waals surface area contributed by atoms with Gasteiger partial charge in [-0.2, -0.15) is 0 Å². The summed E-state index contributed by atoms with van der Waals surface area (Å²) < 4.78 is 19.5. The van der Waals surface area contributed by atoms with Gasteiger partial charge in [0.05, 0.1) is 38.6 Å². The molecule has 0 saturated carbocycles. The van der Waals surface area contributed by atoms with E-state index in [-0.39, 0.29) is 26.1 Å². The number of esters is 2. The van der Waals surface area contributed by atoms with Crippen LogP contribution in [-0.2, 0) is 42.9 Å². The summed E-state index contributed by atoms with van der Waals surface area (Å²) >= 11 is 0. The molecule has 0 aliphatic carbocycles. The molecule has 16 nitrogen and oxygen atoms in total. The van der Waals surface area contributed by atoms with Crippen LogP contribution in [0.15, 0.2) is 0 Å². The summed E-state index contributed by atoms with van der Waals surface area (Å²) in [5.41, 5.74) is -2.39. The summed E-state index contributed by atoms with van der Waals surface area (Å²) in [5, 5.41) is 58.0. The van der Waals surface area contributed by atoms with Gasteiger partial charge in [-0.3, -0.25) is 14.4 Å². The summed E-state index contributed by atoms with van der Waals surface area (Å²) in [7, 11) is 2.72. The number of carboxylic acid groups (broad SMARTS) is 3. The monoisotopic (exact) mass is 592 g/mol. The molecule has 0 aromatic heterocycles. The smallest absolute Gasteiger partial charge is 0.338 e. The highest BCUT2D eigenvalue weighted by molar-refractivity contribution is 5.79. The third-order valence-corrected chi connectivity index (χ3v) is 3.99. The Balaban J connectivity index is -0.000000146. The molecule has 0 aromatic carbocycles. The summed E-state index contributed by atoms with van der Waals surface area (Å²) in [6.07, 6.45) is -1.94. The van der Waals surface area contributed by atoms with Crippen LogP contribution in [0, 0.1) is 0 Å². The highest BCUT2D eigenvalue weighted by atomic mass is 16.6. The SMILES string of the molecule is CC(=O)O.CC(=O)O.CC(=O)O.CCOC(=O)C(C)(CC(O)CO)OC.CCOC(=O)C(C)(CC(O)CO)OC. The van der Waals surface area contributed by atoms with Crippen LogP contribution in [0.1, 0.15) is 61.3 Å². The predicted octanol–water partition coefficient (Wildman–Crippen LogP) is -0.331. The van der Waals surface area contributed by atoms with Crippen LogP contribution >= 0.6 is 0 Å². The number of carbonyl (C=O) groups excluding carboxylic acids is 2. The summed E-state index contributed by atoms with van der Waals surface area (Å²) in [6.45, 7) is 9.37. The van der Waals surface area contributed by atoms with E-state index >= 15 is 0 Å². The maximum Gasteiger partial charge on any atom is 0.338 e. The molecule has 240 valence electrons. The molecule has 0 rings (SSSR count). The molecule has 0 heterocycles. The highest BCUT2D eigenvalue weighted by Crippen LogP contribution is 2.19. The predicted molar refractivity (Wildman–Crippen MR) is 139 cm³/mol. The number of aliphatic carboxylic acids is 3. The maximum atomic E-state index is 11.4.